The number of aromatic nitrogens is 1. The van der Waals surface area contributed by atoms with Crippen molar-refractivity contribution in [2.24, 2.45) is 0 Å². The van der Waals surface area contributed by atoms with Gasteiger partial charge in [-0.15, -0.1) is 0 Å². The van der Waals surface area contributed by atoms with Gasteiger partial charge in [-0.25, -0.2) is 0 Å². The summed E-state index contributed by atoms with van der Waals surface area (Å²) >= 11 is 0. The van der Waals surface area contributed by atoms with Gasteiger partial charge in [-0.3, -0.25) is 4.79 Å². The van der Waals surface area contributed by atoms with Crippen LogP contribution in [0.5, 0.6) is 0 Å². The van der Waals surface area contributed by atoms with Crippen LogP contribution in [-0.4, -0.2) is 31.3 Å². The number of ether oxygens (including phenoxy) is 1. The number of nitrogens with one attached hydrogen (secondary N) is 1. The van der Waals surface area contributed by atoms with Crippen LogP contribution < -0.4 is 5.32 Å². The number of nitrogens with zero attached hydrogens (tertiary/aromatic N) is 1. The maximum atomic E-state index is 11.7. The second kappa shape index (κ2) is 4.76. The topological polar surface area (TPSA) is 64.4 Å². The maximum Gasteiger partial charge on any atom is 0.274 e. The zero-order chi connectivity index (χ0) is 11.4. The highest BCUT2D eigenvalue weighted by Gasteiger charge is 2.14. The minimum atomic E-state index is -0.248. The van der Waals surface area contributed by atoms with Gasteiger partial charge in [-0.2, -0.15) is 0 Å². The summed E-state index contributed by atoms with van der Waals surface area (Å²) in [5.41, 5.74) is 0.922. The van der Waals surface area contributed by atoms with Crippen molar-refractivity contribution in [3.8, 4) is 0 Å². The number of benzene rings is 1. The number of methoxy groups -OCH3 is 1. The van der Waals surface area contributed by atoms with E-state index in [1.165, 1.54) is 0 Å². The van der Waals surface area contributed by atoms with Crippen LogP contribution in [0, 0.1) is 0 Å². The van der Waals surface area contributed by atoms with Gasteiger partial charge in [0.05, 0.1) is 12.0 Å². The van der Waals surface area contributed by atoms with E-state index in [0.29, 0.717) is 24.4 Å². The molecule has 1 N–H and O–H groups in total. The molecule has 1 aromatic heterocycles. The summed E-state index contributed by atoms with van der Waals surface area (Å²) in [7, 11) is 1.58. The third-order valence-electron chi connectivity index (χ3n) is 2.18. The predicted molar refractivity (Wildman–Crippen MR) is 58.2 cm³/mol. The van der Waals surface area contributed by atoms with E-state index < -0.39 is 0 Å². The lowest BCUT2D eigenvalue weighted by Crippen LogP contribution is -2.27. The van der Waals surface area contributed by atoms with Crippen LogP contribution in [0.1, 0.15) is 10.5 Å². The van der Waals surface area contributed by atoms with Gasteiger partial charge in [0.1, 0.15) is 0 Å². The Morgan fingerprint density at radius 3 is 3.12 bits per heavy atom. The molecule has 5 heteroatoms. The van der Waals surface area contributed by atoms with Crippen molar-refractivity contribution in [1.82, 2.24) is 10.5 Å². The second-order valence-electron chi connectivity index (χ2n) is 3.28. The molecule has 2 rings (SSSR count). The van der Waals surface area contributed by atoms with E-state index in [9.17, 15) is 4.79 Å². The van der Waals surface area contributed by atoms with Gasteiger partial charge in [0.2, 0.25) is 0 Å². The highest BCUT2D eigenvalue weighted by molar-refractivity contribution is 6.03. The molecule has 84 valence electrons. The first-order chi connectivity index (χ1) is 7.83. The van der Waals surface area contributed by atoms with E-state index in [-0.39, 0.29) is 5.91 Å². The standard InChI is InChI=1S/C11H12N2O3/c1-15-7-6-12-11(14)10-8-4-2-3-5-9(8)16-13-10/h2-5H,6-7H2,1H3,(H,12,14). The summed E-state index contributed by atoms with van der Waals surface area (Å²) in [4.78, 5) is 11.7. The molecule has 0 unspecified atom stereocenters. The van der Waals surface area contributed by atoms with Crippen LogP contribution in [0.3, 0.4) is 0 Å². The lowest BCUT2D eigenvalue weighted by molar-refractivity contribution is 0.0930. The molecule has 1 amide bonds. The van der Waals surface area contributed by atoms with E-state index in [1.54, 1.807) is 19.2 Å². The number of fused-ring (bicyclic) bond motifs is 1. The van der Waals surface area contributed by atoms with Gasteiger partial charge in [0, 0.05) is 13.7 Å². The fraction of sp³-hybridized carbons (Fsp3) is 0.273. The normalized spacial score (nSPS) is 10.6. The number of rotatable bonds is 4. The molecule has 0 aliphatic heterocycles. The Balaban J connectivity index is 2.17. The molecule has 0 spiro atoms. The number of carbonyl (C=O) groups excluding carboxylic acids is 1. The molecule has 0 fully saturated rings. The van der Waals surface area contributed by atoms with Gasteiger partial charge in [-0.1, -0.05) is 17.3 Å². The number of hydrogen-bond acceptors (Lipinski definition) is 4. The Morgan fingerprint density at radius 2 is 2.31 bits per heavy atom. The average molecular weight is 220 g/mol. The zero-order valence-electron chi connectivity index (χ0n) is 8.90. The summed E-state index contributed by atoms with van der Waals surface area (Å²) in [6, 6.07) is 7.25. The molecule has 2 aromatic rings. The van der Waals surface area contributed by atoms with E-state index in [1.807, 2.05) is 12.1 Å². The van der Waals surface area contributed by atoms with Crippen molar-refractivity contribution in [3.05, 3.63) is 30.0 Å². The summed E-state index contributed by atoms with van der Waals surface area (Å²) in [5, 5.41) is 7.16. The fourth-order valence-corrected chi connectivity index (χ4v) is 1.40. The van der Waals surface area contributed by atoms with E-state index in [0.717, 1.165) is 5.39 Å². The molecule has 0 aliphatic rings. The molecule has 0 atom stereocenters. The van der Waals surface area contributed by atoms with E-state index in [2.05, 4.69) is 10.5 Å². The molecular formula is C11H12N2O3. The van der Waals surface area contributed by atoms with Crippen LogP contribution in [0.4, 0.5) is 0 Å². The quantitative estimate of drug-likeness (QED) is 0.786. The zero-order valence-corrected chi connectivity index (χ0v) is 8.90. The lowest BCUT2D eigenvalue weighted by Gasteiger charge is -2.00. The smallest absolute Gasteiger partial charge is 0.274 e. The Labute approximate surface area is 92.4 Å². The molecule has 5 nitrogen and oxygen atoms in total. The summed E-state index contributed by atoms with van der Waals surface area (Å²) < 4.78 is 9.87. The van der Waals surface area contributed by atoms with Gasteiger partial charge in [0.15, 0.2) is 11.3 Å². The fourth-order valence-electron chi connectivity index (χ4n) is 1.40. The van der Waals surface area contributed by atoms with Crippen molar-refractivity contribution in [2.45, 2.75) is 0 Å². The van der Waals surface area contributed by atoms with Crippen LogP contribution in [0.25, 0.3) is 11.0 Å². The predicted octanol–water partition coefficient (Wildman–Crippen LogP) is 1.20. The van der Waals surface area contributed by atoms with Crippen molar-refractivity contribution < 1.29 is 14.1 Å². The average Bonchev–Trinajstić information content (AvgIpc) is 2.73. The first kappa shape index (κ1) is 10.6. The van der Waals surface area contributed by atoms with Gasteiger partial charge < -0.3 is 14.6 Å². The largest absolute Gasteiger partial charge is 0.383 e. The molecule has 0 radical (unpaired) electrons. The van der Waals surface area contributed by atoms with Crippen molar-refractivity contribution in [3.63, 3.8) is 0 Å². The van der Waals surface area contributed by atoms with Crippen molar-refractivity contribution in [2.75, 3.05) is 20.3 Å². The Hall–Kier alpha value is -1.88. The van der Waals surface area contributed by atoms with Gasteiger partial charge in [0.25, 0.3) is 5.91 Å². The van der Waals surface area contributed by atoms with Gasteiger partial charge >= 0.3 is 0 Å². The third kappa shape index (κ3) is 2.04. The molecule has 16 heavy (non-hydrogen) atoms. The second-order valence-corrected chi connectivity index (χ2v) is 3.28. The number of hydrogen-bond donors (Lipinski definition) is 1. The van der Waals surface area contributed by atoms with Gasteiger partial charge in [-0.05, 0) is 12.1 Å². The minimum absolute atomic E-state index is 0.248. The first-order valence-corrected chi connectivity index (χ1v) is 4.94. The summed E-state index contributed by atoms with van der Waals surface area (Å²) in [5.74, 6) is -0.248. The Kier molecular flexibility index (Phi) is 3.16. The van der Waals surface area contributed by atoms with Crippen LogP contribution in [-0.2, 0) is 4.74 Å². The van der Waals surface area contributed by atoms with Crippen molar-refractivity contribution >= 4 is 16.9 Å². The monoisotopic (exact) mass is 220 g/mol. The molecule has 0 aliphatic carbocycles. The molecule has 0 saturated carbocycles. The lowest BCUT2D eigenvalue weighted by atomic mass is 10.2. The summed E-state index contributed by atoms with van der Waals surface area (Å²) in [6.45, 7) is 0.929. The number of carbonyl (C=O) groups is 1. The third-order valence-corrected chi connectivity index (χ3v) is 2.18. The van der Waals surface area contributed by atoms with Crippen molar-refractivity contribution in [1.29, 1.82) is 0 Å². The van der Waals surface area contributed by atoms with Crippen LogP contribution in [0.2, 0.25) is 0 Å². The number of para-hydroxylation sites is 1. The molecule has 1 aromatic carbocycles. The first-order valence-electron chi connectivity index (χ1n) is 4.94. The number of amides is 1. The molecule has 0 bridgehead atoms. The molecule has 1 heterocycles. The summed E-state index contributed by atoms with van der Waals surface area (Å²) in [6.07, 6.45) is 0. The minimum Gasteiger partial charge on any atom is -0.383 e. The maximum absolute atomic E-state index is 11.7. The van der Waals surface area contributed by atoms with E-state index >= 15 is 0 Å². The Bertz CT molecular complexity index is 493. The Morgan fingerprint density at radius 1 is 1.50 bits per heavy atom. The molecular weight excluding hydrogens is 208 g/mol. The van der Waals surface area contributed by atoms with E-state index in [4.69, 9.17) is 9.26 Å². The highest BCUT2D eigenvalue weighted by Crippen LogP contribution is 2.17. The highest BCUT2D eigenvalue weighted by atomic mass is 16.5. The van der Waals surface area contributed by atoms with Crippen LogP contribution >= 0.6 is 0 Å². The van der Waals surface area contributed by atoms with Crippen LogP contribution in [0.15, 0.2) is 28.8 Å². The SMILES string of the molecule is COCCNC(=O)c1noc2ccccc12. The molecule has 0 saturated heterocycles.